The molecule has 0 aliphatic carbocycles. The Bertz CT molecular complexity index is 335. The largest absolute Gasteiger partial charge is 0.329 e. The third-order valence-corrected chi connectivity index (χ3v) is 3.35. The second-order valence-electron chi connectivity index (χ2n) is 5.95. The van der Waals surface area contributed by atoms with Crippen LogP contribution in [0.15, 0.2) is 24.3 Å². The molecule has 2 heteroatoms. The van der Waals surface area contributed by atoms with Crippen LogP contribution in [0.2, 0.25) is 0 Å². The van der Waals surface area contributed by atoms with E-state index in [1.54, 1.807) is 0 Å². The summed E-state index contributed by atoms with van der Waals surface area (Å²) in [5, 5.41) is 0. The zero-order chi connectivity index (χ0) is 13.1. The highest BCUT2D eigenvalue weighted by Gasteiger charge is 2.13. The lowest BCUT2D eigenvalue weighted by molar-refractivity contribution is 0.255. The van der Waals surface area contributed by atoms with Crippen molar-refractivity contribution in [3.63, 3.8) is 0 Å². The van der Waals surface area contributed by atoms with Crippen molar-refractivity contribution in [3.8, 4) is 0 Å². The molecular formula is C15H26N2. The molecule has 2 N–H and O–H groups in total. The van der Waals surface area contributed by atoms with Crippen molar-refractivity contribution in [2.75, 3.05) is 13.6 Å². The molecule has 2 nitrogen and oxygen atoms in total. The molecule has 17 heavy (non-hydrogen) atoms. The molecule has 1 aromatic rings. The Kier molecular flexibility index (Phi) is 4.72. The van der Waals surface area contributed by atoms with Crippen LogP contribution in [0, 0.1) is 0 Å². The average Bonchev–Trinajstić information content (AvgIpc) is 2.27. The number of hydrogen-bond donors (Lipinski definition) is 1. The highest BCUT2D eigenvalue weighted by Crippen LogP contribution is 2.22. The quantitative estimate of drug-likeness (QED) is 0.868. The van der Waals surface area contributed by atoms with Crippen LogP contribution >= 0.6 is 0 Å². The van der Waals surface area contributed by atoms with Crippen molar-refractivity contribution >= 4 is 0 Å². The van der Waals surface area contributed by atoms with E-state index < -0.39 is 0 Å². The molecule has 1 rings (SSSR count). The molecule has 0 aromatic heterocycles. The van der Waals surface area contributed by atoms with Gasteiger partial charge in [-0.2, -0.15) is 0 Å². The lowest BCUT2D eigenvalue weighted by atomic mass is 9.87. The summed E-state index contributed by atoms with van der Waals surface area (Å²) in [6.07, 6.45) is 0. The van der Waals surface area contributed by atoms with Gasteiger partial charge in [0.15, 0.2) is 0 Å². The fraction of sp³-hybridized carbons (Fsp3) is 0.600. The van der Waals surface area contributed by atoms with E-state index in [2.05, 4.69) is 63.9 Å². The van der Waals surface area contributed by atoms with Crippen molar-refractivity contribution < 1.29 is 0 Å². The third kappa shape index (κ3) is 4.14. The SMILES string of the molecule is CC(CN)N(C)Cc1ccc(C(C)(C)C)cc1. The van der Waals surface area contributed by atoms with E-state index in [0.29, 0.717) is 12.6 Å². The van der Waals surface area contributed by atoms with Gasteiger partial charge in [0.25, 0.3) is 0 Å². The first-order chi connectivity index (χ1) is 7.84. The van der Waals surface area contributed by atoms with E-state index in [1.165, 1.54) is 11.1 Å². The maximum atomic E-state index is 5.67. The molecule has 0 aliphatic rings. The molecule has 0 saturated heterocycles. The Balaban J connectivity index is 2.69. The summed E-state index contributed by atoms with van der Waals surface area (Å²) in [6.45, 7) is 10.5. The Morgan fingerprint density at radius 2 is 1.71 bits per heavy atom. The van der Waals surface area contributed by atoms with Gasteiger partial charge in [0.2, 0.25) is 0 Å². The number of hydrogen-bond acceptors (Lipinski definition) is 2. The molecule has 1 atom stereocenters. The van der Waals surface area contributed by atoms with Crippen LogP contribution in [-0.2, 0) is 12.0 Å². The summed E-state index contributed by atoms with van der Waals surface area (Å²) < 4.78 is 0. The summed E-state index contributed by atoms with van der Waals surface area (Å²) in [5.41, 5.74) is 8.63. The van der Waals surface area contributed by atoms with E-state index in [-0.39, 0.29) is 5.41 Å². The topological polar surface area (TPSA) is 29.3 Å². The third-order valence-electron chi connectivity index (χ3n) is 3.35. The van der Waals surface area contributed by atoms with Crippen LogP contribution in [0.3, 0.4) is 0 Å². The number of benzene rings is 1. The minimum atomic E-state index is 0.231. The monoisotopic (exact) mass is 234 g/mol. The normalized spacial score (nSPS) is 14.1. The maximum absolute atomic E-state index is 5.67. The first kappa shape index (κ1) is 14.2. The van der Waals surface area contributed by atoms with E-state index in [1.807, 2.05) is 0 Å². The molecule has 0 saturated carbocycles. The van der Waals surface area contributed by atoms with Crippen LogP contribution in [0.5, 0.6) is 0 Å². The van der Waals surface area contributed by atoms with E-state index in [0.717, 1.165) is 6.54 Å². The minimum Gasteiger partial charge on any atom is -0.329 e. The van der Waals surface area contributed by atoms with Crippen molar-refractivity contribution in [3.05, 3.63) is 35.4 Å². The van der Waals surface area contributed by atoms with Gasteiger partial charge in [-0.15, -0.1) is 0 Å². The van der Waals surface area contributed by atoms with Gasteiger partial charge in [-0.05, 0) is 30.5 Å². The molecule has 0 amide bonds. The lowest BCUT2D eigenvalue weighted by Gasteiger charge is -2.24. The van der Waals surface area contributed by atoms with Crippen LogP contribution in [0.4, 0.5) is 0 Å². The summed E-state index contributed by atoms with van der Waals surface area (Å²) in [7, 11) is 2.12. The van der Waals surface area contributed by atoms with Gasteiger partial charge >= 0.3 is 0 Å². The Labute approximate surface area is 106 Å². The first-order valence-corrected chi connectivity index (χ1v) is 6.34. The second-order valence-corrected chi connectivity index (χ2v) is 5.95. The molecule has 0 heterocycles. The molecule has 1 aromatic carbocycles. The molecule has 0 aliphatic heterocycles. The predicted octanol–water partition coefficient (Wildman–Crippen LogP) is 2.76. The maximum Gasteiger partial charge on any atom is 0.0234 e. The van der Waals surface area contributed by atoms with Crippen LogP contribution in [0.25, 0.3) is 0 Å². The van der Waals surface area contributed by atoms with Crippen LogP contribution in [0.1, 0.15) is 38.8 Å². The highest BCUT2D eigenvalue weighted by molar-refractivity contribution is 5.27. The first-order valence-electron chi connectivity index (χ1n) is 6.34. The van der Waals surface area contributed by atoms with Gasteiger partial charge in [0.1, 0.15) is 0 Å². The van der Waals surface area contributed by atoms with Crippen molar-refractivity contribution in [2.24, 2.45) is 5.73 Å². The van der Waals surface area contributed by atoms with Gasteiger partial charge in [-0.1, -0.05) is 45.0 Å². The molecule has 1 unspecified atom stereocenters. The smallest absolute Gasteiger partial charge is 0.0234 e. The fourth-order valence-electron chi connectivity index (χ4n) is 1.73. The van der Waals surface area contributed by atoms with Gasteiger partial charge in [0, 0.05) is 19.1 Å². The molecule has 0 spiro atoms. The van der Waals surface area contributed by atoms with Gasteiger partial charge in [-0.3, -0.25) is 4.90 Å². The number of rotatable bonds is 4. The van der Waals surface area contributed by atoms with Gasteiger partial charge in [-0.25, -0.2) is 0 Å². The Morgan fingerprint density at radius 3 is 2.12 bits per heavy atom. The van der Waals surface area contributed by atoms with E-state index >= 15 is 0 Å². The molecule has 0 bridgehead atoms. The fourth-order valence-corrected chi connectivity index (χ4v) is 1.73. The minimum absolute atomic E-state index is 0.231. The highest BCUT2D eigenvalue weighted by atomic mass is 15.1. The Hall–Kier alpha value is -0.860. The number of nitrogens with zero attached hydrogens (tertiary/aromatic N) is 1. The van der Waals surface area contributed by atoms with Gasteiger partial charge in [0.05, 0.1) is 0 Å². The van der Waals surface area contributed by atoms with E-state index in [9.17, 15) is 0 Å². The lowest BCUT2D eigenvalue weighted by Crippen LogP contribution is -2.34. The molecule has 96 valence electrons. The standard InChI is InChI=1S/C15H26N2/c1-12(10-16)17(5)11-13-6-8-14(9-7-13)15(2,3)4/h6-9,12H,10-11,16H2,1-5H3. The number of likely N-dealkylation sites (N-methyl/N-ethyl adjacent to an activating group) is 1. The van der Waals surface area contributed by atoms with E-state index in [4.69, 9.17) is 5.73 Å². The zero-order valence-corrected chi connectivity index (χ0v) is 11.8. The number of nitrogens with two attached hydrogens (primary N) is 1. The summed E-state index contributed by atoms with van der Waals surface area (Å²) >= 11 is 0. The second kappa shape index (κ2) is 5.65. The zero-order valence-electron chi connectivity index (χ0n) is 11.8. The van der Waals surface area contributed by atoms with Crippen molar-refractivity contribution in [1.82, 2.24) is 4.90 Å². The average molecular weight is 234 g/mol. The van der Waals surface area contributed by atoms with Crippen LogP contribution in [-0.4, -0.2) is 24.5 Å². The molecule has 0 radical (unpaired) electrons. The molecular weight excluding hydrogens is 208 g/mol. The van der Waals surface area contributed by atoms with Crippen molar-refractivity contribution in [2.45, 2.75) is 45.7 Å². The predicted molar refractivity (Wildman–Crippen MR) is 75.1 cm³/mol. The summed E-state index contributed by atoms with van der Waals surface area (Å²) in [6, 6.07) is 9.34. The van der Waals surface area contributed by atoms with Crippen molar-refractivity contribution in [1.29, 1.82) is 0 Å². The van der Waals surface area contributed by atoms with Gasteiger partial charge < -0.3 is 5.73 Å². The summed E-state index contributed by atoms with van der Waals surface area (Å²) in [5.74, 6) is 0. The Morgan fingerprint density at radius 1 is 1.18 bits per heavy atom. The summed E-state index contributed by atoms with van der Waals surface area (Å²) in [4.78, 5) is 2.28. The van der Waals surface area contributed by atoms with Crippen LogP contribution < -0.4 is 5.73 Å². The molecule has 0 fully saturated rings.